The van der Waals surface area contributed by atoms with E-state index < -0.39 is 0 Å². The molecular weight excluding hydrogens is 194 g/mol. The predicted molar refractivity (Wildman–Crippen MR) is 72.0 cm³/mol. The van der Waals surface area contributed by atoms with E-state index in [1.807, 2.05) is 0 Å². The van der Waals surface area contributed by atoms with Crippen LogP contribution >= 0.6 is 0 Å². The Kier molecular flexibility index (Phi) is 4.55. The van der Waals surface area contributed by atoms with E-state index in [0.29, 0.717) is 12.0 Å². The van der Waals surface area contributed by atoms with E-state index >= 15 is 0 Å². The Balaban J connectivity index is 2.92. The van der Waals surface area contributed by atoms with Gasteiger partial charge in [0.15, 0.2) is 0 Å². The van der Waals surface area contributed by atoms with E-state index in [9.17, 15) is 0 Å². The molecule has 1 heteroatoms. The fourth-order valence-corrected chi connectivity index (χ4v) is 2.15. The lowest BCUT2D eigenvalue weighted by Gasteiger charge is -2.21. The van der Waals surface area contributed by atoms with Crippen LogP contribution in [0, 0.1) is 26.7 Å². The van der Waals surface area contributed by atoms with Crippen LogP contribution in [0.4, 0.5) is 0 Å². The highest BCUT2D eigenvalue weighted by Gasteiger charge is 2.13. The van der Waals surface area contributed by atoms with E-state index in [0.717, 1.165) is 6.42 Å². The molecule has 0 saturated heterocycles. The third-order valence-corrected chi connectivity index (χ3v) is 3.57. The highest BCUT2D eigenvalue weighted by molar-refractivity contribution is 5.36. The maximum Gasteiger partial charge on any atom is 0.0128 e. The predicted octanol–water partition coefficient (Wildman–Crippen LogP) is 3.40. The van der Waals surface area contributed by atoms with E-state index in [4.69, 9.17) is 0 Å². The van der Waals surface area contributed by atoms with Crippen LogP contribution in [-0.4, -0.2) is 13.1 Å². The van der Waals surface area contributed by atoms with Gasteiger partial charge in [0.25, 0.3) is 0 Å². The topological polar surface area (TPSA) is 12.0 Å². The molecule has 0 saturated carbocycles. The number of rotatable bonds is 4. The van der Waals surface area contributed by atoms with Crippen LogP contribution in [0.5, 0.6) is 0 Å². The van der Waals surface area contributed by atoms with Gasteiger partial charge in [-0.05, 0) is 62.4 Å². The molecule has 0 radical (unpaired) electrons. The Morgan fingerprint density at radius 2 is 1.56 bits per heavy atom. The summed E-state index contributed by atoms with van der Waals surface area (Å²) in [4.78, 5) is 0. The van der Waals surface area contributed by atoms with Gasteiger partial charge in [0, 0.05) is 6.04 Å². The van der Waals surface area contributed by atoms with Crippen LogP contribution in [0.2, 0.25) is 0 Å². The molecule has 1 rings (SSSR count). The quantitative estimate of drug-likeness (QED) is 0.818. The second kappa shape index (κ2) is 5.49. The molecule has 0 aromatic heterocycles. The smallest absolute Gasteiger partial charge is 0.0128 e. The average Bonchev–Trinajstić information content (AvgIpc) is 2.21. The molecule has 1 unspecified atom stereocenters. The van der Waals surface area contributed by atoms with Crippen molar-refractivity contribution in [1.82, 2.24) is 5.32 Å². The zero-order chi connectivity index (χ0) is 12.3. The first-order valence-electron chi connectivity index (χ1n) is 6.19. The van der Waals surface area contributed by atoms with E-state index in [2.05, 4.69) is 59.1 Å². The fourth-order valence-electron chi connectivity index (χ4n) is 2.15. The molecule has 0 aliphatic rings. The molecule has 1 aromatic rings. The standard InChI is InChI=1S/C15H25N/c1-10(2)15(16-6)9-14-8-12(4)11(3)7-13(14)5/h7-8,10,15-16H,9H2,1-6H3. The van der Waals surface area contributed by atoms with Crippen LogP contribution < -0.4 is 5.32 Å². The second-order valence-corrected chi connectivity index (χ2v) is 5.21. The van der Waals surface area contributed by atoms with Crippen molar-refractivity contribution < 1.29 is 0 Å². The zero-order valence-electron chi connectivity index (χ0n) is 11.5. The van der Waals surface area contributed by atoms with Gasteiger partial charge >= 0.3 is 0 Å². The van der Waals surface area contributed by atoms with Crippen molar-refractivity contribution >= 4 is 0 Å². The summed E-state index contributed by atoms with van der Waals surface area (Å²) >= 11 is 0. The Morgan fingerprint density at radius 1 is 1.00 bits per heavy atom. The monoisotopic (exact) mass is 219 g/mol. The SMILES string of the molecule is CNC(Cc1cc(C)c(C)cc1C)C(C)C. The van der Waals surface area contributed by atoms with Crippen molar-refractivity contribution in [3.8, 4) is 0 Å². The molecule has 0 heterocycles. The number of hydrogen-bond donors (Lipinski definition) is 1. The minimum Gasteiger partial charge on any atom is -0.316 e. The lowest BCUT2D eigenvalue weighted by molar-refractivity contribution is 0.424. The number of aryl methyl sites for hydroxylation is 3. The maximum atomic E-state index is 3.41. The van der Waals surface area contributed by atoms with Crippen molar-refractivity contribution in [1.29, 1.82) is 0 Å². The summed E-state index contributed by atoms with van der Waals surface area (Å²) in [7, 11) is 2.06. The third kappa shape index (κ3) is 3.08. The van der Waals surface area contributed by atoms with Crippen molar-refractivity contribution in [2.24, 2.45) is 5.92 Å². The van der Waals surface area contributed by atoms with Crippen LogP contribution in [0.15, 0.2) is 12.1 Å². The first-order valence-corrected chi connectivity index (χ1v) is 6.19. The van der Waals surface area contributed by atoms with Crippen molar-refractivity contribution in [3.63, 3.8) is 0 Å². The summed E-state index contributed by atoms with van der Waals surface area (Å²) in [5.74, 6) is 0.672. The normalized spacial score (nSPS) is 13.2. The molecule has 0 amide bonds. The zero-order valence-corrected chi connectivity index (χ0v) is 11.5. The van der Waals surface area contributed by atoms with Gasteiger partial charge in [-0.2, -0.15) is 0 Å². The number of nitrogens with one attached hydrogen (secondary N) is 1. The van der Waals surface area contributed by atoms with Crippen molar-refractivity contribution in [2.45, 2.75) is 47.1 Å². The van der Waals surface area contributed by atoms with Gasteiger partial charge in [-0.25, -0.2) is 0 Å². The van der Waals surface area contributed by atoms with E-state index in [1.54, 1.807) is 0 Å². The molecule has 0 fully saturated rings. The highest BCUT2D eigenvalue weighted by atomic mass is 14.9. The average molecular weight is 219 g/mol. The van der Waals surface area contributed by atoms with Crippen molar-refractivity contribution in [3.05, 3.63) is 34.4 Å². The summed E-state index contributed by atoms with van der Waals surface area (Å²) in [5.41, 5.74) is 5.70. The van der Waals surface area contributed by atoms with Gasteiger partial charge in [-0.3, -0.25) is 0 Å². The summed E-state index contributed by atoms with van der Waals surface area (Å²) < 4.78 is 0. The summed E-state index contributed by atoms with van der Waals surface area (Å²) in [6.07, 6.45) is 1.13. The third-order valence-electron chi connectivity index (χ3n) is 3.57. The summed E-state index contributed by atoms with van der Waals surface area (Å²) in [6, 6.07) is 5.22. The van der Waals surface area contributed by atoms with Crippen LogP contribution in [0.3, 0.4) is 0 Å². The largest absolute Gasteiger partial charge is 0.316 e. The van der Waals surface area contributed by atoms with Crippen LogP contribution in [0.25, 0.3) is 0 Å². The number of hydrogen-bond acceptors (Lipinski definition) is 1. The van der Waals surface area contributed by atoms with E-state index in [-0.39, 0.29) is 0 Å². The van der Waals surface area contributed by atoms with Gasteiger partial charge in [-0.15, -0.1) is 0 Å². The molecule has 0 spiro atoms. The molecule has 0 aliphatic heterocycles. The Labute approximate surface area is 100 Å². The summed E-state index contributed by atoms with van der Waals surface area (Å²) in [5, 5.41) is 3.41. The Morgan fingerprint density at radius 3 is 2.06 bits per heavy atom. The second-order valence-electron chi connectivity index (χ2n) is 5.21. The van der Waals surface area contributed by atoms with E-state index in [1.165, 1.54) is 22.3 Å². The minimum atomic E-state index is 0.570. The first kappa shape index (κ1) is 13.2. The molecule has 0 aliphatic carbocycles. The van der Waals surface area contributed by atoms with Crippen molar-refractivity contribution in [2.75, 3.05) is 7.05 Å². The van der Waals surface area contributed by atoms with Gasteiger partial charge in [0.1, 0.15) is 0 Å². The molecular formula is C15H25N. The van der Waals surface area contributed by atoms with Gasteiger partial charge in [-0.1, -0.05) is 26.0 Å². The first-order chi connectivity index (χ1) is 7.45. The van der Waals surface area contributed by atoms with Crippen LogP contribution in [-0.2, 0) is 6.42 Å². The Bertz CT molecular complexity index is 353. The molecule has 1 N–H and O–H groups in total. The molecule has 1 atom stereocenters. The minimum absolute atomic E-state index is 0.570. The molecule has 16 heavy (non-hydrogen) atoms. The molecule has 1 nitrogen and oxygen atoms in total. The maximum absolute atomic E-state index is 3.41. The van der Waals surface area contributed by atoms with Gasteiger partial charge in [0.2, 0.25) is 0 Å². The molecule has 90 valence electrons. The van der Waals surface area contributed by atoms with Gasteiger partial charge in [0.05, 0.1) is 0 Å². The number of benzene rings is 1. The molecule has 1 aromatic carbocycles. The number of likely N-dealkylation sites (N-methyl/N-ethyl adjacent to an activating group) is 1. The highest BCUT2D eigenvalue weighted by Crippen LogP contribution is 2.18. The lowest BCUT2D eigenvalue weighted by Crippen LogP contribution is -2.33. The van der Waals surface area contributed by atoms with Crippen LogP contribution in [0.1, 0.15) is 36.1 Å². The fraction of sp³-hybridized carbons (Fsp3) is 0.600. The van der Waals surface area contributed by atoms with Gasteiger partial charge < -0.3 is 5.32 Å². The summed E-state index contributed by atoms with van der Waals surface area (Å²) in [6.45, 7) is 11.1. The molecule has 0 bridgehead atoms. The Hall–Kier alpha value is -0.820. The lowest BCUT2D eigenvalue weighted by atomic mass is 9.92.